The van der Waals surface area contributed by atoms with E-state index in [-0.39, 0.29) is 24.9 Å². The van der Waals surface area contributed by atoms with Gasteiger partial charge in [-0.3, -0.25) is 4.79 Å². The summed E-state index contributed by atoms with van der Waals surface area (Å²) in [5, 5.41) is 2.29. The van der Waals surface area contributed by atoms with Crippen molar-refractivity contribution >= 4 is 12.0 Å². The third-order valence-electron chi connectivity index (χ3n) is 2.32. The van der Waals surface area contributed by atoms with Crippen LogP contribution in [0.5, 0.6) is 0 Å². The minimum atomic E-state index is -4.53. The van der Waals surface area contributed by atoms with E-state index >= 15 is 0 Å². The number of hydrogen-bond acceptors (Lipinski definition) is 3. The van der Waals surface area contributed by atoms with E-state index < -0.39 is 18.9 Å². The number of halogens is 3. The molecule has 0 saturated carbocycles. The van der Waals surface area contributed by atoms with E-state index in [4.69, 9.17) is 0 Å². The van der Waals surface area contributed by atoms with Gasteiger partial charge in [0.05, 0.1) is 6.04 Å². The average Bonchev–Trinajstić information content (AvgIpc) is 2.20. The molecule has 1 heterocycles. The van der Waals surface area contributed by atoms with Gasteiger partial charge in [0.1, 0.15) is 0 Å². The molecule has 1 rings (SSSR count). The fourth-order valence-electron chi connectivity index (χ4n) is 1.49. The Kier molecular flexibility index (Phi) is 4.19. The molecule has 1 unspecified atom stereocenters. The zero-order valence-electron chi connectivity index (χ0n) is 9.21. The first-order valence-electron chi connectivity index (χ1n) is 5.02. The summed E-state index contributed by atoms with van der Waals surface area (Å²) in [7, 11) is 1.57. The molecule has 1 N–H and O–H groups in total. The Morgan fingerprint density at radius 1 is 1.59 bits per heavy atom. The predicted octanol–water partition coefficient (Wildman–Crippen LogP) is 0.896. The monoisotopic (exact) mass is 254 g/mol. The highest BCUT2D eigenvalue weighted by molar-refractivity contribution is 5.77. The fraction of sp³-hybridized carbons (Fsp3) is 0.778. The molecular weight excluding hydrogens is 241 g/mol. The molecule has 0 aromatic heterocycles. The third kappa shape index (κ3) is 4.92. The molecule has 98 valence electrons. The quantitative estimate of drug-likeness (QED) is 0.796. The van der Waals surface area contributed by atoms with E-state index in [2.05, 4.69) is 10.1 Å². The Bertz CT molecular complexity index is 306. The lowest BCUT2D eigenvalue weighted by Gasteiger charge is -2.29. The molecule has 0 spiro atoms. The second-order valence-electron chi connectivity index (χ2n) is 3.85. The van der Waals surface area contributed by atoms with Gasteiger partial charge in [0, 0.05) is 20.0 Å². The number of hydrogen-bond donors (Lipinski definition) is 1. The summed E-state index contributed by atoms with van der Waals surface area (Å²) >= 11 is 0. The van der Waals surface area contributed by atoms with Gasteiger partial charge in [-0.1, -0.05) is 0 Å². The first-order chi connectivity index (χ1) is 7.78. The Morgan fingerprint density at radius 2 is 2.24 bits per heavy atom. The number of carbonyl (C=O) groups excluding carboxylic acids is 2. The molecule has 0 aliphatic carbocycles. The molecule has 0 aromatic rings. The van der Waals surface area contributed by atoms with E-state index in [1.54, 1.807) is 7.05 Å². The van der Waals surface area contributed by atoms with Gasteiger partial charge >= 0.3 is 12.3 Å². The lowest BCUT2D eigenvalue weighted by atomic mass is 10.1. The summed E-state index contributed by atoms with van der Waals surface area (Å²) < 4.78 is 39.2. The Balaban J connectivity index is 2.30. The van der Waals surface area contributed by atoms with Gasteiger partial charge in [-0.05, 0) is 6.42 Å². The number of amides is 2. The van der Waals surface area contributed by atoms with E-state index in [0.717, 1.165) is 0 Å². The first kappa shape index (κ1) is 13.6. The Hall–Kier alpha value is -1.47. The fourth-order valence-corrected chi connectivity index (χ4v) is 1.49. The zero-order valence-corrected chi connectivity index (χ0v) is 9.21. The number of likely N-dealkylation sites (N-methyl/N-ethyl adjacent to an activating group) is 1. The molecule has 1 atom stereocenters. The normalized spacial score (nSPS) is 21.3. The van der Waals surface area contributed by atoms with Gasteiger partial charge < -0.3 is 15.0 Å². The minimum absolute atomic E-state index is 0.0493. The lowest BCUT2D eigenvalue weighted by molar-refractivity contribution is -0.160. The molecule has 0 bridgehead atoms. The van der Waals surface area contributed by atoms with Crippen molar-refractivity contribution in [3.8, 4) is 0 Å². The van der Waals surface area contributed by atoms with E-state index in [0.29, 0.717) is 6.42 Å². The van der Waals surface area contributed by atoms with Crippen molar-refractivity contribution in [2.75, 3.05) is 20.2 Å². The van der Waals surface area contributed by atoms with Gasteiger partial charge in [0.25, 0.3) is 0 Å². The Labute approximate surface area is 95.9 Å². The summed E-state index contributed by atoms with van der Waals surface area (Å²) in [6.07, 6.45) is -4.98. The summed E-state index contributed by atoms with van der Waals surface area (Å²) in [6, 6.07) is -0.363. The van der Waals surface area contributed by atoms with Crippen LogP contribution in [0, 0.1) is 0 Å². The van der Waals surface area contributed by atoms with Crippen molar-refractivity contribution in [1.82, 2.24) is 10.2 Å². The summed E-state index contributed by atoms with van der Waals surface area (Å²) in [4.78, 5) is 23.5. The number of ether oxygens (including phenoxy) is 1. The van der Waals surface area contributed by atoms with Crippen LogP contribution in [0.25, 0.3) is 0 Å². The molecule has 8 heteroatoms. The van der Waals surface area contributed by atoms with E-state index in [1.165, 1.54) is 4.90 Å². The first-order valence-corrected chi connectivity index (χ1v) is 5.02. The molecule has 1 aliphatic rings. The highest BCUT2D eigenvalue weighted by Gasteiger charge is 2.30. The number of nitrogens with one attached hydrogen (secondary N) is 1. The molecule has 5 nitrogen and oxygen atoms in total. The summed E-state index contributed by atoms with van der Waals surface area (Å²) in [5.41, 5.74) is 0. The predicted molar refractivity (Wildman–Crippen MR) is 51.2 cm³/mol. The minimum Gasteiger partial charge on any atom is -0.440 e. The van der Waals surface area contributed by atoms with Crippen LogP contribution in [0.2, 0.25) is 0 Å². The highest BCUT2D eigenvalue weighted by Crippen LogP contribution is 2.15. The van der Waals surface area contributed by atoms with E-state index in [1.807, 2.05) is 0 Å². The topological polar surface area (TPSA) is 58.6 Å². The van der Waals surface area contributed by atoms with Crippen molar-refractivity contribution in [2.24, 2.45) is 0 Å². The highest BCUT2D eigenvalue weighted by atomic mass is 19.4. The van der Waals surface area contributed by atoms with Gasteiger partial charge in [0.2, 0.25) is 5.91 Å². The van der Waals surface area contributed by atoms with Crippen LogP contribution in [-0.2, 0) is 9.53 Å². The second-order valence-corrected chi connectivity index (χ2v) is 3.85. The maximum atomic E-state index is 11.7. The number of carbonyl (C=O) groups is 2. The lowest BCUT2D eigenvalue weighted by Crippen LogP contribution is -2.48. The number of alkyl carbamates (subject to hydrolysis) is 1. The number of alkyl halides is 3. The van der Waals surface area contributed by atoms with E-state index in [9.17, 15) is 22.8 Å². The Morgan fingerprint density at radius 3 is 2.76 bits per heavy atom. The van der Waals surface area contributed by atoms with Crippen LogP contribution in [0.3, 0.4) is 0 Å². The molecule has 17 heavy (non-hydrogen) atoms. The SMILES string of the molecule is CN1CC(NC(=O)OCC(F)(F)F)CCC1=O. The number of piperidine rings is 1. The summed E-state index contributed by atoms with van der Waals surface area (Å²) in [5.74, 6) is -0.0493. The third-order valence-corrected chi connectivity index (χ3v) is 2.32. The second kappa shape index (κ2) is 5.24. The zero-order chi connectivity index (χ0) is 13.1. The number of rotatable bonds is 2. The molecule has 2 amide bonds. The largest absolute Gasteiger partial charge is 0.440 e. The van der Waals surface area contributed by atoms with Gasteiger partial charge in [-0.25, -0.2) is 4.79 Å². The molecule has 1 aliphatic heterocycles. The van der Waals surface area contributed by atoms with Crippen molar-refractivity contribution in [2.45, 2.75) is 25.1 Å². The summed E-state index contributed by atoms with van der Waals surface area (Å²) in [6.45, 7) is -1.33. The molecule has 1 fully saturated rings. The average molecular weight is 254 g/mol. The van der Waals surface area contributed by atoms with Crippen LogP contribution in [0.4, 0.5) is 18.0 Å². The molecular formula is C9H13F3N2O3. The van der Waals surface area contributed by atoms with Crippen molar-refractivity contribution in [1.29, 1.82) is 0 Å². The molecule has 0 aromatic carbocycles. The van der Waals surface area contributed by atoms with Crippen LogP contribution >= 0.6 is 0 Å². The smallest absolute Gasteiger partial charge is 0.422 e. The standard InChI is InChI=1S/C9H13F3N2O3/c1-14-4-6(2-3-7(14)15)13-8(16)17-5-9(10,11)12/h6H,2-5H2,1H3,(H,13,16). The molecule has 1 saturated heterocycles. The van der Waals surface area contributed by atoms with Crippen molar-refractivity contribution in [3.63, 3.8) is 0 Å². The van der Waals surface area contributed by atoms with Crippen LogP contribution in [0.15, 0.2) is 0 Å². The molecule has 0 radical (unpaired) electrons. The van der Waals surface area contributed by atoms with Crippen LogP contribution < -0.4 is 5.32 Å². The van der Waals surface area contributed by atoms with Gasteiger partial charge in [0.15, 0.2) is 6.61 Å². The maximum Gasteiger partial charge on any atom is 0.422 e. The van der Waals surface area contributed by atoms with Gasteiger partial charge in [-0.2, -0.15) is 13.2 Å². The van der Waals surface area contributed by atoms with Crippen molar-refractivity contribution < 1.29 is 27.5 Å². The van der Waals surface area contributed by atoms with Gasteiger partial charge in [-0.15, -0.1) is 0 Å². The van der Waals surface area contributed by atoms with Crippen LogP contribution in [0.1, 0.15) is 12.8 Å². The maximum absolute atomic E-state index is 11.7. The number of nitrogens with zero attached hydrogens (tertiary/aromatic N) is 1. The number of likely N-dealkylation sites (tertiary alicyclic amines) is 1. The van der Waals surface area contributed by atoms with Crippen molar-refractivity contribution in [3.05, 3.63) is 0 Å². The van der Waals surface area contributed by atoms with Crippen LogP contribution in [-0.4, -0.2) is 49.3 Å².